The maximum Gasteiger partial charge on any atom is 0.293 e. The fraction of sp³-hybridized carbons (Fsp3) is 0.510. The summed E-state index contributed by atoms with van der Waals surface area (Å²) in [5.41, 5.74) is 2.53. The van der Waals surface area contributed by atoms with Crippen LogP contribution in [0.5, 0.6) is 11.5 Å². The van der Waals surface area contributed by atoms with Crippen molar-refractivity contribution >= 4 is 69.5 Å². The number of carbonyl (C=O) groups excluding carboxylic acids is 5. The van der Waals surface area contributed by atoms with Gasteiger partial charge in [0.05, 0.1) is 41.2 Å². The number of likely N-dealkylation sites (tertiary alicyclic amines) is 1. The van der Waals surface area contributed by atoms with E-state index in [1.165, 1.54) is 7.05 Å². The number of ether oxygens (including phenoxy) is 3. The lowest BCUT2D eigenvalue weighted by atomic mass is 9.82. The molecule has 1 aliphatic carbocycles. The fourth-order valence-electron chi connectivity index (χ4n) is 10.1. The Morgan fingerprint density at radius 1 is 0.882 bits per heavy atom. The first-order valence-corrected chi connectivity index (χ1v) is 24.1. The first-order chi connectivity index (χ1) is 32.6. The summed E-state index contributed by atoms with van der Waals surface area (Å²) >= 11 is 6.61. The Labute approximate surface area is 399 Å². The Morgan fingerprint density at radius 2 is 1.60 bits per heavy atom. The first kappa shape index (κ1) is 47.0. The summed E-state index contributed by atoms with van der Waals surface area (Å²) in [5, 5.41) is 9.20. The van der Waals surface area contributed by atoms with Crippen LogP contribution < -0.4 is 35.9 Å². The van der Waals surface area contributed by atoms with Gasteiger partial charge >= 0.3 is 0 Å². The minimum Gasteiger partial charge on any atom is -0.491 e. The van der Waals surface area contributed by atoms with Crippen molar-refractivity contribution in [3.63, 3.8) is 0 Å². The molecule has 3 saturated heterocycles. The third-order valence-corrected chi connectivity index (χ3v) is 14.0. The van der Waals surface area contributed by atoms with Crippen molar-refractivity contribution in [2.75, 3.05) is 50.1 Å². The third kappa shape index (κ3) is 9.50. The SMILES string of the molecule is CNC(=O)COc1cc2cc(Nc3nc(N4CCC(OC5CC(N6CCC(c7cc8c(cc7OC(C)C)C(=O)N(C7CCC(=O)NC7=O)C8=O)CC6)C5)CC4)ncc3Cl)ccc2n(C(C)C)c1=O. The Hall–Kier alpha value is -6.11. The normalized spacial score (nSPS) is 21.6. The van der Waals surface area contributed by atoms with Gasteiger partial charge in [0, 0.05) is 49.7 Å². The van der Waals surface area contributed by atoms with Gasteiger partial charge in [-0.25, -0.2) is 4.98 Å². The van der Waals surface area contributed by atoms with Gasteiger partial charge in [-0.3, -0.25) is 39.0 Å². The van der Waals surface area contributed by atoms with E-state index in [0.29, 0.717) is 34.3 Å². The van der Waals surface area contributed by atoms with Crippen LogP contribution in [-0.2, 0) is 19.1 Å². The minimum atomic E-state index is -1.02. The molecule has 1 saturated carbocycles. The quantitative estimate of drug-likeness (QED) is 0.134. The second-order valence-electron chi connectivity index (χ2n) is 18.9. The number of rotatable bonds is 14. The smallest absolute Gasteiger partial charge is 0.293 e. The zero-order valence-electron chi connectivity index (χ0n) is 39.0. The maximum atomic E-state index is 13.7. The number of piperidine rings is 3. The molecule has 4 aliphatic heterocycles. The molecule has 1 atom stereocenters. The number of nitrogens with zero attached hydrogens (tertiary/aromatic N) is 6. The van der Waals surface area contributed by atoms with Crippen LogP contribution in [0.2, 0.25) is 5.02 Å². The minimum absolute atomic E-state index is 0.0658. The van der Waals surface area contributed by atoms with Crippen LogP contribution in [0.15, 0.2) is 47.4 Å². The predicted octanol–water partition coefficient (Wildman–Crippen LogP) is 5.48. The van der Waals surface area contributed by atoms with Crippen molar-refractivity contribution in [2.24, 2.45) is 0 Å². The van der Waals surface area contributed by atoms with Crippen LogP contribution in [0.25, 0.3) is 10.9 Å². The van der Waals surface area contributed by atoms with Crippen LogP contribution in [0, 0.1) is 0 Å². The summed E-state index contributed by atoms with van der Waals surface area (Å²) in [6.45, 7) is 10.7. The molecule has 1 unspecified atom stereocenters. The molecular weight excluding hydrogens is 894 g/mol. The number of nitrogens with one attached hydrogen (secondary N) is 3. The Morgan fingerprint density at radius 3 is 2.28 bits per heavy atom. The Kier molecular flexibility index (Phi) is 13.5. The molecule has 2 aromatic carbocycles. The molecule has 9 rings (SSSR count). The number of pyridine rings is 1. The summed E-state index contributed by atoms with van der Waals surface area (Å²) in [5.74, 6) is -0.590. The first-order valence-electron chi connectivity index (χ1n) is 23.7. The molecule has 3 N–H and O–H groups in total. The van der Waals surface area contributed by atoms with Crippen LogP contribution in [0.3, 0.4) is 0 Å². The summed E-state index contributed by atoms with van der Waals surface area (Å²) in [7, 11) is 1.51. The van der Waals surface area contributed by atoms with Crippen molar-refractivity contribution in [2.45, 2.75) is 121 Å². The predicted molar refractivity (Wildman–Crippen MR) is 254 cm³/mol. The Bertz CT molecular complexity index is 2710. The molecule has 19 heteroatoms. The van der Waals surface area contributed by atoms with Gasteiger partial charge in [0.25, 0.3) is 23.3 Å². The number of anilines is 3. The number of hydrogen-bond acceptors (Lipinski definition) is 14. The van der Waals surface area contributed by atoms with Crippen LogP contribution in [0.1, 0.15) is 117 Å². The number of aromatic nitrogens is 3. The van der Waals surface area contributed by atoms with E-state index >= 15 is 0 Å². The van der Waals surface area contributed by atoms with E-state index in [-0.39, 0.29) is 78.1 Å². The Balaban J connectivity index is 0.768. The standard InChI is InChI=1S/C49H58ClN9O9/c1-26(2)58-38-7-6-30(18-29(38)19-41(48(58)65)66-25-43(61)51-5)53-44-37(50)24-52-49(55-44)57-16-12-32(13-17-57)68-33-20-31(21-33)56-14-10-28(11-15-56)34-22-35-36(23-40(34)67-27(3)4)47(64)59(46(35)63)39-8-9-42(60)54-45(39)62/h6-7,18-19,22-24,26-28,31-33,39H,8-17,20-21,25H2,1-5H3,(H,51,61)(H,52,53,55)(H,54,60,62). The lowest BCUT2D eigenvalue weighted by molar-refractivity contribution is -0.136. The number of likely N-dealkylation sites (N-methyl/N-ethyl adjacent to an activating group) is 1. The number of halogens is 1. The lowest BCUT2D eigenvalue weighted by Gasteiger charge is -2.47. The summed E-state index contributed by atoms with van der Waals surface area (Å²) in [4.78, 5) is 91.9. The largest absolute Gasteiger partial charge is 0.491 e. The van der Waals surface area contributed by atoms with Gasteiger partial charge in [0.15, 0.2) is 18.2 Å². The van der Waals surface area contributed by atoms with E-state index < -0.39 is 29.7 Å². The van der Waals surface area contributed by atoms with Crippen molar-refractivity contribution in [3.8, 4) is 11.5 Å². The van der Waals surface area contributed by atoms with Crippen LogP contribution >= 0.6 is 11.6 Å². The highest BCUT2D eigenvalue weighted by Crippen LogP contribution is 2.42. The lowest BCUT2D eigenvalue weighted by Crippen LogP contribution is -2.54. The monoisotopic (exact) mass is 951 g/mol. The molecular formula is C49H58ClN9O9. The van der Waals surface area contributed by atoms with E-state index in [2.05, 4.69) is 30.7 Å². The van der Waals surface area contributed by atoms with Crippen LogP contribution in [-0.4, -0.2) is 124 Å². The fourth-order valence-corrected chi connectivity index (χ4v) is 10.3. The molecule has 5 aliphatic rings. The van der Waals surface area contributed by atoms with Gasteiger partial charge in [-0.15, -0.1) is 0 Å². The zero-order chi connectivity index (χ0) is 48.0. The molecule has 68 heavy (non-hydrogen) atoms. The van der Waals surface area contributed by atoms with Gasteiger partial charge in [0.2, 0.25) is 17.8 Å². The van der Waals surface area contributed by atoms with Crippen molar-refractivity contribution < 1.29 is 38.2 Å². The highest BCUT2D eigenvalue weighted by atomic mass is 35.5. The molecule has 18 nitrogen and oxygen atoms in total. The average molecular weight is 953 g/mol. The van der Waals surface area contributed by atoms with Gasteiger partial charge < -0.3 is 39.2 Å². The van der Waals surface area contributed by atoms with Crippen LogP contribution in [0.4, 0.5) is 17.5 Å². The summed E-state index contributed by atoms with van der Waals surface area (Å²) < 4.78 is 20.1. The van der Waals surface area contributed by atoms with Crippen molar-refractivity contribution in [1.29, 1.82) is 0 Å². The highest BCUT2D eigenvalue weighted by Gasteiger charge is 2.46. The van der Waals surface area contributed by atoms with E-state index in [4.69, 9.17) is 30.8 Å². The molecule has 2 aromatic heterocycles. The van der Waals surface area contributed by atoms with E-state index in [9.17, 15) is 28.8 Å². The molecule has 0 spiro atoms. The number of benzene rings is 2. The van der Waals surface area contributed by atoms with Gasteiger partial charge in [-0.2, -0.15) is 4.98 Å². The third-order valence-electron chi connectivity index (χ3n) is 13.7. The second kappa shape index (κ2) is 19.5. The number of carbonyl (C=O) groups is 5. The van der Waals surface area contributed by atoms with Crippen molar-refractivity contribution in [3.05, 3.63) is 74.7 Å². The highest BCUT2D eigenvalue weighted by molar-refractivity contribution is 6.33. The van der Waals surface area contributed by atoms with E-state index in [1.54, 1.807) is 29.0 Å². The summed E-state index contributed by atoms with van der Waals surface area (Å²) in [6, 6.07) is 10.0. The summed E-state index contributed by atoms with van der Waals surface area (Å²) in [6.07, 6.45) is 7.34. The molecule has 6 heterocycles. The van der Waals surface area contributed by atoms with Gasteiger partial charge in [-0.05, 0) is 134 Å². The topological polar surface area (TPSA) is 207 Å². The molecule has 5 amide bonds. The molecule has 0 bridgehead atoms. The number of hydrogen-bond donors (Lipinski definition) is 3. The zero-order valence-corrected chi connectivity index (χ0v) is 39.8. The average Bonchev–Trinajstić information content (AvgIpc) is 3.54. The second-order valence-corrected chi connectivity index (χ2v) is 19.3. The molecule has 0 radical (unpaired) electrons. The molecule has 4 fully saturated rings. The molecule has 360 valence electrons. The van der Waals surface area contributed by atoms with Gasteiger partial charge in [0.1, 0.15) is 16.8 Å². The number of amides is 5. The van der Waals surface area contributed by atoms with E-state index in [0.717, 1.165) is 86.1 Å². The van der Waals surface area contributed by atoms with Crippen molar-refractivity contribution in [1.82, 2.24) is 35.0 Å². The molecule has 4 aromatic rings. The van der Waals surface area contributed by atoms with E-state index in [1.807, 2.05) is 45.9 Å². The van der Waals surface area contributed by atoms with Gasteiger partial charge in [-0.1, -0.05) is 11.6 Å². The number of imide groups is 2. The maximum absolute atomic E-state index is 13.7. The number of fused-ring (bicyclic) bond motifs is 2.